The number of anilines is 1. The van der Waals surface area contributed by atoms with Crippen molar-refractivity contribution in [3.63, 3.8) is 0 Å². The van der Waals surface area contributed by atoms with Gasteiger partial charge in [-0.3, -0.25) is 0 Å². The molecule has 1 aliphatic heterocycles. The number of thiophene rings is 1. The van der Waals surface area contributed by atoms with Crippen LogP contribution in [0.1, 0.15) is 5.69 Å². The van der Waals surface area contributed by atoms with E-state index < -0.39 is 0 Å². The lowest BCUT2D eigenvalue weighted by molar-refractivity contribution is 0.926. The van der Waals surface area contributed by atoms with Crippen molar-refractivity contribution in [1.82, 2.24) is 4.57 Å². The standard InChI is InChI=1S/C9H8N2S/c1-2-7-6-10-8-3-5-12-9(8)11(7)4-1/h1-5,10H,6H2. The van der Waals surface area contributed by atoms with Crippen molar-refractivity contribution in [3.8, 4) is 5.00 Å². The maximum absolute atomic E-state index is 3.37. The third kappa shape index (κ3) is 0.689. The molecule has 0 saturated heterocycles. The fourth-order valence-electron chi connectivity index (χ4n) is 1.57. The second-order valence-corrected chi connectivity index (χ2v) is 3.76. The average molecular weight is 176 g/mol. The van der Waals surface area contributed by atoms with Crippen LogP contribution in [0, 0.1) is 0 Å². The Morgan fingerprint density at radius 2 is 2.42 bits per heavy atom. The molecule has 2 aromatic heterocycles. The highest BCUT2D eigenvalue weighted by atomic mass is 32.1. The van der Waals surface area contributed by atoms with Crippen molar-refractivity contribution < 1.29 is 0 Å². The summed E-state index contributed by atoms with van der Waals surface area (Å²) in [7, 11) is 0. The van der Waals surface area contributed by atoms with Gasteiger partial charge in [0.25, 0.3) is 0 Å². The summed E-state index contributed by atoms with van der Waals surface area (Å²) in [4.78, 5) is 0. The van der Waals surface area contributed by atoms with E-state index in [4.69, 9.17) is 0 Å². The summed E-state index contributed by atoms with van der Waals surface area (Å²) in [5.74, 6) is 0. The first kappa shape index (κ1) is 6.31. The van der Waals surface area contributed by atoms with Gasteiger partial charge in [0.05, 0.1) is 12.2 Å². The maximum Gasteiger partial charge on any atom is 0.123 e. The minimum Gasteiger partial charge on any atom is -0.377 e. The molecule has 12 heavy (non-hydrogen) atoms. The van der Waals surface area contributed by atoms with Crippen LogP contribution in [0.25, 0.3) is 5.00 Å². The van der Waals surface area contributed by atoms with Gasteiger partial charge in [0.1, 0.15) is 5.00 Å². The van der Waals surface area contributed by atoms with Crippen molar-refractivity contribution in [1.29, 1.82) is 0 Å². The quantitative estimate of drug-likeness (QED) is 0.652. The van der Waals surface area contributed by atoms with Crippen molar-refractivity contribution in [2.24, 2.45) is 0 Å². The Kier molecular flexibility index (Phi) is 1.12. The van der Waals surface area contributed by atoms with E-state index in [9.17, 15) is 0 Å². The molecule has 2 nitrogen and oxygen atoms in total. The van der Waals surface area contributed by atoms with Gasteiger partial charge in [-0.2, -0.15) is 0 Å². The second kappa shape index (κ2) is 2.14. The molecule has 60 valence electrons. The highest BCUT2D eigenvalue weighted by Gasteiger charge is 2.14. The SMILES string of the molecule is c1cc2n(c1)-c1sccc1NC2. The van der Waals surface area contributed by atoms with Crippen molar-refractivity contribution >= 4 is 17.0 Å². The van der Waals surface area contributed by atoms with E-state index in [1.165, 1.54) is 16.4 Å². The molecule has 0 bridgehead atoms. The number of fused-ring (bicyclic) bond motifs is 3. The lowest BCUT2D eigenvalue weighted by Crippen LogP contribution is -2.11. The van der Waals surface area contributed by atoms with Crippen LogP contribution in [0.5, 0.6) is 0 Å². The van der Waals surface area contributed by atoms with E-state index in [0.29, 0.717) is 0 Å². The Morgan fingerprint density at radius 3 is 3.42 bits per heavy atom. The van der Waals surface area contributed by atoms with Crippen LogP contribution < -0.4 is 5.32 Å². The predicted octanol–water partition coefficient (Wildman–Crippen LogP) is 2.46. The molecule has 2 aromatic rings. The fraction of sp³-hybridized carbons (Fsp3) is 0.111. The van der Waals surface area contributed by atoms with Crippen LogP contribution in [0.15, 0.2) is 29.8 Å². The van der Waals surface area contributed by atoms with Crippen molar-refractivity contribution in [2.45, 2.75) is 6.54 Å². The number of hydrogen-bond donors (Lipinski definition) is 1. The van der Waals surface area contributed by atoms with Crippen molar-refractivity contribution in [3.05, 3.63) is 35.5 Å². The largest absolute Gasteiger partial charge is 0.377 e. The predicted molar refractivity (Wildman–Crippen MR) is 51.0 cm³/mol. The van der Waals surface area contributed by atoms with Gasteiger partial charge in [-0.15, -0.1) is 11.3 Å². The Labute approximate surface area is 74.5 Å². The summed E-state index contributed by atoms with van der Waals surface area (Å²) in [6, 6.07) is 6.37. The first-order chi connectivity index (χ1) is 5.95. The van der Waals surface area contributed by atoms with E-state index in [2.05, 4.69) is 39.7 Å². The zero-order chi connectivity index (χ0) is 7.97. The molecule has 0 radical (unpaired) electrons. The van der Waals surface area contributed by atoms with Crippen LogP contribution in [0.3, 0.4) is 0 Å². The molecular weight excluding hydrogens is 168 g/mol. The monoisotopic (exact) mass is 176 g/mol. The molecule has 0 unspecified atom stereocenters. The Hall–Kier alpha value is -1.22. The first-order valence-corrected chi connectivity index (χ1v) is 4.81. The molecule has 0 amide bonds. The molecule has 0 aliphatic carbocycles. The number of hydrogen-bond acceptors (Lipinski definition) is 2. The Balaban J connectivity index is 2.32. The molecule has 3 heteroatoms. The highest BCUT2D eigenvalue weighted by Crippen LogP contribution is 2.31. The zero-order valence-electron chi connectivity index (χ0n) is 6.45. The molecule has 0 aromatic carbocycles. The average Bonchev–Trinajstić information content (AvgIpc) is 2.71. The third-order valence-corrected chi connectivity index (χ3v) is 3.07. The molecule has 0 spiro atoms. The van der Waals surface area contributed by atoms with E-state index in [1.807, 2.05) is 0 Å². The summed E-state index contributed by atoms with van der Waals surface area (Å²) in [6.45, 7) is 0.941. The summed E-state index contributed by atoms with van der Waals surface area (Å²) >= 11 is 1.77. The van der Waals surface area contributed by atoms with Crippen LogP contribution in [0.4, 0.5) is 5.69 Å². The van der Waals surface area contributed by atoms with E-state index in [0.717, 1.165) is 6.54 Å². The number of nitrogens with zero attached hydrogens (tertiary/aromatic N) is 1. The van der Waals surface area contributed by atoms with Gasteiger partial charge in [-0.25, -0.2) is 0 Å². The van der Waals surface area contributed by atoms with Gasteiger partial charge in [-0.1, -0.05) is 0 Å². The highest BCUT2D eigenvalue weighted by molar-refractivity contribution is 7.13. The number of nitrogens with one attached hydrogen (secondary N) is 1. The lowest BCUT2D eigenvalue weighted by atomic mass is 10.3. The first-order valence-electron chi connectivity index (χ1n) is 3.93. The minimum absolute atomic E-state index is 0.941. The second-order valence-electron chi connectivity index (χ2n) is 2.86. The normalized spacial score (nSPS) is 13.3. The van der Waals surface area contributed by atoms with E-state index >= 15 is 0 Å². The van der Waals surface area contributed by atoms with Gasteiger partial charge in [0.2, 0.25) is 0 Å². The van der Waals surface area contributed by atoms with Gasteiger partial charge in [0.15, 0.2) is 0 Å². The molecule has 1 N–H and O–H groups in total. The molecule has 3 rings (SSSR count). The van der Waals surface area contributed by atoms with Gasteiger partial charge >= 0.3 is 0 Å². The topological polar surface area (TPSA) is 17.0 Å². The van der Waals surface area contributed by atoms with Gasteiger partial charge in [0, 0.05) is 11.9 Å². The van der Waals surface area contributed by atoms with Crippen LogP contribution in [-0.2, 0) is 6.54 Å². The summed E-state index contributed by atoms with van der Waals surface area (Å²) in [6.07, 6.45) is 2.12. The molecule has 0 fully saturated rings. The van der Waals surface area contributed by atoms with E-state index in [-0.39, 0.29) is 0 Å². The number of aromatic nitrogens is 1. The molecule has 1 aliphatic rings. The smallest absolute Gasteiger partial charge is 0.123 e. The molecule has 0 saturated carbocycles. The zero-order valence-corrected chi connectivity index (χ0v) is 7.27. The summed E-state index contributed by atoms with van der Waals surface area (Å²) in [5, 5.41) is 6.80. The lowest BCUT2D eigenvalue weighted by Gasteiger charge is -2.16. The van der Waals surface area contributed by atoms with Crippen LogP contribution in [-0.4, -0.2) is 4.57 Å². The van der Waals surface area contributed by atoms with Gasteiger partial charge in [-0.05, 0) is 23.6 Å². The van der Waals surface area contributed by atoms with E-state index in [1.54, 1.807) is 11.3 Å². The Bertz CT molecular complexity index is 373. The molecular formula is C9H8N2S. The van der Waals surface area contributed by atoms with Crippen LogP contribution in [0.2, 0.25) is 0 Å². The van der Waals surface area contributed by atoms with Gasteiger partial charge < -0.3 is 9.88 Å². The summed E-state index contributed by atoms with van der Waals surface area (Å²) in [5.41, 5.74) is 2.59. The molecule has 3 heterocycles. The maximum atomic E-state index is 3.37. The van der Waals surface area contributed by atoms with Crippen LogP contribution >= 0.6 is 11.3 Å². The number of rotatable bonds is 0. The van der Waals surface area contributed by atoms with Crippen molar-refractivity contribution in [2.75, 3.05) is 5.32 Å². The third-order valence-electron chi connectivity index (χ3n) is 2.16. The Morgan fingerprint density at radius 1 is 1.42 bits per heavy atom. The summed E-state index contributed by atoms with van der Waals surface area (Å²) < 4.78 is 2.25. The fourth-order valence-corrected chi connectivity index (χ4v) is 2.46. The minimum atomic E-state index is 0.941. The molecule has 0 atom stereocenters.